The third-order valence-electron chi connectivity index (χ3n) is 3.47. The number of hydrogen-bond donors (Lipinski definition) is 1. The smallest absolute Gasteiger partial charge is 0.243 e. The molecular weight excluding hydrogens is 408 g/mol. The number of sulfonamides is 1. The summed E-state index contributed by atoms with van der Waals surface area (Å²) in [6, 6.07) is 5.36. The number of halogens is 2. The fourth-order valence-corrected chi connectivity index (χ4v) is 5.26. The molecule has 0 radical (unpaired) electrons. The first-order chi connectivity index (χ1) is 9.41. The number of nitrogens with zero attached hydrogens (tertiary/aromatic N) is 1. The second kappa shape index (κ2) is 6.87. The Morgan fingerprint density at radius 2 is 2.10 bits per heavy atom. The van der Waals surface area contributed by atoms with Crippen LogP contribution in [0.1, 0.15) is 19.3 Å². The van der Waals surface area contributed by atoms with E-state index in [-0.39, 0.29) is 6.04 Å². The quantitative estimate of drug-likeness (QED) is 0.806. The normalized spacial score (nSPS) is 20.3. The van der Waals surface area contributed by atoms with Gasteiger partial charge in [0.05, 0.1) is 4.90 Å². The van der Waals surface area contributed by atoms with Crippen LogP contribution in [0, 0.1) is 0 Å². The van der Waals surface area contributed by atoms with E-state index in [0.717, 1.165) is 23.9 Å². The van der Waals surface area contributed by atoms with Gasteiger partial charge < -0.3 is 5.32 Å². The summed E-state index contributed by atoms with van der Waals surface area (Å²) in [6.07, 6.45) is 3.36. The molecule has 20 heavy (non-hydrogen) atoms. The topological polar surface area (TPSA) is 49.4 Å². The van der Waals surface area contributed by atoms with Gasteiger partial charge in [0.15, 0.2) is 0 Å². The summed E-state index contributed by atoms with van der Waals surface area (Å²) in [6.45, 7) is 1.48. The van der Waals surface area contributed by atoms with Crippen LogP contribution in [0.2, 0.25) is 0 Å². The summed E-state index contributed by atoms with van der Waals surface area (Å²) in [7, 11) is -1.82. The summed E-state index contributed by atoms with van der Waals surface area (Å²) >= 11 is 6.66. The largest absolute Gasteiger partial charge is 0.313 e. The van der Waals surface area contributed by atoms with Gasteiger partial charge >= 0.3 is 0 Å². The maximum Gasteiger partial charge on any atom is 0.243 e. The molecule has 1 aliphatic rings. The molecule has 1 N–H and O–H groups in total. The Balaban J connectivity index is 2.16. The predicted molar refractivity (Wildman–Crippen MR) is 87.3 cm³/mol. The van der Waals surface area contributed by atoms with E-state index in [0.29, 0.717) is 15.9 Å². The zero-order valence-corrected chi connectivity index (χ0v) is 15.3. The highest BCUT2D eigenvalue weighted by atomic mass is 79.9. The molecule has 1 heterocycles. The molecule has 1 aromatic rings. The molecule has 4 nitrogen and oxygen atoms in total. The van der Waals surface area contributed by atoms with Gasteiger partial charge in [-0.15, -0.1) is 0 Å². The number of piperidine rings is 1. The Morgan fingerprint density at radius 3 is 2.70 bits per heavy atom. The minimum absolute atomic E-state index is 0.248. The summed E-state index contributed by atoms with van der Waals surface area (Å²) in [5, 5.41) is 3.37. The van der Waals surface area contributed by atoms with Crippen LogP contribution in [-0.2, 0) is 10.0 Å². The second-order valence-electron chi connectivity index (χ2n) is 5.01. The fraction of sp³-hybridized carbons (Fsp3) is 0.538. The molecule has 112 valence electrons. The molecule has 0 aromatic heterocycles. The van der Waals surface area contributed by atoms with E-state index in [2.05, 4.69) is 37.2 Å². The lowest BCUT2D eigenvalue weighted by molar-refractivity contribution is 0.337. The van der Waals surface area contributed by atoms with Crippen molar-refractivity contribution < 1.29 is 8.42 Å². The molecule has 1 unspecified atom stereocenters. The highest BCUT2D eigenvalue weighted by molar-refractivity contribution is 9.11. The molecule has 1 aliphatic heterocycles. The number of rotatable bonds is 4. The molecular formula is C13H18Br2N2O2S. The molecule has 0 bridgehead atoms. The zero-order chi connectivity index (χ0) is 14.8. The summed E-state index contributed by atoms with van der Waals surface area (Å²) in [5.74, 6) is 0. The van der Waals surface area contributed by atoms with Gasteiger partial charge in [0.2, 0.25) is 10.0 Å². The molecule has 7 heteroatoms. The zero-order valence-electron chi connectivity index (χ0n) is 11.3. The lowest BCUT2D eigenvalue weighted by Gasteiger charge is -2.28. The Labute approximate surface area is 137 Å². The van der Waals surface area contributed by atoms with Crippen molar-refractivity contribution in [2.45, 2.75) is 30.2 Å². The van der Waals surface area contributed by atoms with Crippen molar-refractivity contribution in [2.75, 3.05) is 20.1 Å². The van der Waals surface area contributed by atoms with Crippen LogP contribution >= 0.6 is 31.9 Å². The van der Waals surface area contributed by atoms with Crippen molar-refractivity contribution in [3.8, 4) is 0 Å². The Morgan fingerprint density at radius 1 is 1.35 bits per heavy atom. The van der Waals surface area contributed by atoms with Crippen LogP contribution in [0.5, 0.6) is 0 Å². The predicted octanol–water partition coefficient (Wildman–Crippen LogP) is 2.97. The van der Waals surface area contributed by atoms with Crippen molar-refractivity contribution in [3.05, 3.63) is 27.1 Å². The number of benzene rings is 1. The van der Waals surface area contributed by atoms with Gasteiger partial charge in [-0.25, -0.2) is 8.42 Å². The average Bonchev–Trinajstić information content (AvgIpc) is 2.39. The lowest BCUT2D eigenvalue weighted by atomic mass is 10.1. The molecule has 1 aromatic carbocycles. The molecule has 1 saturated heterocycles. The molecule has 0 spiro atoms. The van der Waals surface area contributed by atoms with Gasteiger partial charge in [0.1, 0.15) is 0 Å². The van der Waals surface area contributed by atoms with Gasteiger partial charge in [0.25, 0.3) is 0 Å². The highest BCUT2D eigenvalue weighted by Crippen LogP contribution is 2.28. The van der Waals surface area contributed by atoms with E-state index in [1.165, 1.54) is 10.7 Å². The number of nitrogens with one attached hydrogen (secondary N) is 1. The standard InChI is InChI=1S/C13H18Br2N2O2S/c1-17(9-11-4-2-3-7-16-11)20(18,19)13-6-5-10(14)8-12(13)15/h5-6,8,11,16H,2-4,7,9H2,1H3. The van der Waals surface area contributed by atoms with Crippen molar-refractivity contribution in [2.24, 2.45) is 0 Å². The third-order valence-corrected chi connectivity index (χ3v) is 6.77. The lowest BCUT2D eigenvalue weighted by Crippen LogP contribution is -2.44. The van der Waals surface area contributed by atoms with Gasteiger partial charge in [0, 0.05) is 28.6 Å². The van der Waals surface area contributed by atoms with Crippen molar-refractivity contribution in [3.63, 3.8) is 0 Å². The summed E-state index contributed by atoms with van der Waals surface area (Å²) < 4.78 is 28.0. The number of hydrogen-bond acceptors (Lipinski definition) is 3. The van der Waals surface area contributed by atoms with E-state index >= 15 is 0 Å². The van der Waals surface area contributed by atoms with Crippen LogP contribution in [0.4, 0.5) is 0 Å². The molecule has 0 aliphatic carbocycles. The van der Waals surface area contributed by atoms with E-state index in [1.807, 2.05) is 0 Å². The molecule has 0 saturated carbocycles. The minimum atomic E-state index is -3.46. The van der Waals surface area contributed by atoms with Crippen LogP contribution in [0.3, 0.4) is 0 Å². The van der Waals surface area contributed by atoms with Crippen LogP contribution < -0.4 is 5.32 Å². The first-order valence-corrected chi connectivity index (χ1v) is 9.58. The van der Waals surface area contributed by atoms with Crippen LogP contribution in [-0.4, -0.2) is 38.9 Å². The molecule has 1 fully saturated rings. The molecule has 0 amide bonds. The Kier molecular flexibility index (Phi) is 5.64. The van der Waals surface area contributed by atoms with Crippen LogP contribution in [0.25, 0.3) is 0 Å². The van der Waals surface area contributed by atoms with E-state index in [1.54, 1.807) is 25.2 Å². The summed E-state index contributed by atoms with van der Waals surface area (Å²) in [4.78, 5) is 0.305. The maximum atomic E-state index is 12.6. The van der Waals surface area contributed by atoms with E-state index in [9.17, 15) is 8.42 Å². The van der Waals surface area contributed by atoms with Gasteiger partial charge in [-0.1, -0.05) is 22.4 Å². The first-order valence-electron chi connectivity index (χ1n) is 6.56. The van der Waals surface area contributed by atoms with Crippen LogP contribution in [0.15, 0.2) is 32.0 Å². The van der Waals surface area contributed by atoms with Gasteiger partial charge in [-0.2, -0.15) is 4.31 Å². The maximum absolute atomic E-state index is 12.6. The molecule has 2 rings (SSSR count). The second-order valence-corrected chi connectivity index (χ2v) is 8.79. The SMILES string of the molecule is CN(CC1CCCCN1)S(=O)(=O)c1ccc(Br)cc1Br. The Hall–Kier alpha value is 0.0500. The Bertz CT molecular complexity index is 572. The van der Waals surface area contributed by atoms with E-state index < -0.39 is 10.0 Å². The van der Waals surface area contributed by atoms with Gasteiger partial charge in [-0.3, -0.25) is 0 Å². The van der Waals surface area contributed by atoms with Crippen molar-refractivity contribution in [1.82, 2.24) is 9.62 Å². The van der Waals surface area contributed by atoms with Gasteiger partial charge in [-0.05, 0) is 53.5 Å². The van der Waals surface area contributed by atoms with Crippen molar-refractivity contribution in [1.29, 1.82) is 0 Å². The minimum Gasteiger partial charge on any atom is -0.313 e. The van der Waals surface area contributed by atoms with Crippen molar-refractivity contribution >= 4 is 41.9 Å². The first kappa shape index (κ1) is 16.4. The fourth-order valence-electron chi connectivity index (χ4n) is 2.34. The summed E-state index contributed by atoms with van der Waals surface area (Å²) in [5.41, 5.74) is 0. The number of likely N-dealkylation sites (N-methyl/N-ethyl adjacent to an activating group) is 1. The van der Waals surface area contributed by atoms with E-state index in [4.69, 9.17) is 0 Å². The third kappa shape index (κ3) is 3.82. The highest BCUT2D eigenvalue weighted by Gasteiger charge is 2.26. The monoisotopic (exact) mass is 424 g/mol. The molecule has 1 atom stereocenters. The average molecular weight is 426 g/mol.